The molecule has 3 heterocycles. The predicted molar refractivity (Wildman–Crippen MR) is 133 cm³/mol. The van der Waals surface area contributed by atoms with Crippen LogP contribution in [0.2, 0.25) is 0 Å². The standard InChI is InChI=1S/C24H29N5O3S.ClH/c1-15-21(32-14-25-15)22-26-27-23(28(22)3)33-9-5-8-29-12-18-11-24(18,13-29)17-6-7-19(16(2)30)20(10-17)31-4;/h6-7,10,14,18H,5,8-9,11-13H2,1-4H3;1H/t18-,24?;/m1./s1. The fourth-order valence-corrected chi connectivity index (χ4v) is 5.94. The summed E-state index contributed by atoms with van der Waals surface area (Å²) < 4.78 is 12.9. The quantitative estimate of drug-likeness (QED) is 0.244. The van der Waals surface area contributed by atoms with Crippen LogP contribution in [0.3, 0.4) is 0 Å². The van der Waals surface area contributed by atoms with Gasteiger partial charge >= 0.3 is 0 Å². The lowest BCUT2D eigenvalue weighted by Gasteiger charge is -2.21. The van der Waals surface area contributed by atoms with Crippen molar-refractivity contribution in [2.45, 2.75) is 37.3 Å². The van der Waals surface area contributed by atoms with Gasteiger partial charge in [0.25, 0.3) is 0 Å². The van der Waals surface area contributed by atoms with Crippen LogP contribution < -0.4 is 4.74 Å². The van der Waals surface area contributed by atoms with Crippen molar-refractivity contribution in [3.8, 4) is 17.3 Å². The van der Waals surface area contributed by atoms with Gasteiger partial charge in [-0.05, 0) is 56.8 Å². The minimum atomic E-state index is 0. The van der Waals surface area contributed by atoms with Gasteiger partial charge in [0.2, 0.25) is 5.82 Å². The predicted octanol–water partition coefficient (Wildman–Crippen LogP) is 4.17. The first kappa shape index (κ1) is 24.8. The van der Waals surface area contributed by atoms with E-state index in [0.29, 0.717) is 28.8 Å². The van der Waals surface area contributed by atoms with Crippen LogP contribution in [0.25, 0.3) is 11.6 Å². The average Bonchev–Trinajstić information content (AvgIpc) is 3.10. The molecule has 1 saturated heterocycles. The number of fused-ring (bicyclic) bond motifs is 1. The number of carbonyl (C=O) groups excluding carboxylic acids is 1. The number of Topliss-reactive ketones (excluding diaryl/α,β-unsaturated/α-hetero) is 1. The highest BCUT2D eigenvalue weighted by molar-refractivity contribution is 7.99. The number of ketones is 1. The normalized spacial score (nSPS) is 21.2. The third-order valence-corrected chi connectivity index (χ3v) is 8.11. The Morgan fingerprint density at radius 3 is 2.88 bits per heavy atom. The maximum absolute atomic E-state index is 11.8. The topological polar surface area (TPSA) is 86.3 Å². The molecule has 1 aromatic carbocycles. The molecular formula is C24H30ClN5O3S. The number of methoxy groups -OCH3 is 1. The molecular weight excluding hydrogens is 474 g/mol. The molecule has 0 amide bonds. The van der Waals surface area contributed by atoms with E-state index in [-0.39, 0.29) is 23.6 Å². The maximum atomic E-state index is 11.8. The number of carbonyl (C=O) groups is 1. The summed E-state index contributed by atoms with van der Waals surface area (Å²) >= 11 is 1.72. The average molecular weight is 504 g/mol. The van der Waals surface area contributed by atoms with Crippen LogP contribution in [0.5, 0.6) is 5.75 Å². The minimum Gasteiger partial charge on any atom is -0.496 e. The number of likely N-dealkylation sites (tertiary alicyclic amines) is 1. The lowest BCUT2D eigenvalue weighted by molar-refractivity contribution is 0.101. The molecule has 2 aromatic heterocycles. The van der Waals surface area contributed by atoms with Gasteiger partial charge in [-0.1, -0.05) is 17.8 Å². The number of benzene rings is 1. The lowest BCUT2D eigenvalue weighted by Crippen LogP contribution is -2.28. The van der Waals surface area contributed by atoms with Crippen LogP contribution in [0.1, 0.15) is 41.4 Å². The number of aryl methyl sites for hydroxylation is 1. The van der Waals surface area contributed by atoms with Crippen LogP contribution in [-0.2, 0) is 12.5 Å². The highest BCUT2D eigenvalue weighted by Gasteiger charge is 2.60. The monoisotopic (exact) mass is 503 g/mol. The Balaban J connectivity index is 0.00000274. The second-order valence-corrected chi connectivity index (χ2v) is 10.2. The molecule has 1 unspecified atom stereocenters. The van der Waals surface area contributed by atoms with Crippen molar-refractivity contribution < 1.29 is 13.9 Å². The first-order valence-electron chi connectivity index (χ1n) is 11.3. The third-order valence-electron chi connectivity index (χ3n) is 7.01. The molecule has 1 aliphatic carbocycles. The molecule has 2 atom stereocenters. The third kappa shape index (κ3) is 4.36. The molecule has 1 aliphatic heterocycles. The number of aromatic nitrogens is 4. The van der Waals surface area contributed by atoms with Crippen LogP contribution in [0.4, 0.5) is 0 Å². The van der Waals surface area contributed by atoms with Gasteiger partial charge in [0, 0.05) is 31.3 Å². The van der Waals surface area contributed by atoms with E-state index >= 15 is 0 Å². The van der Waals surface area contributed by atoms with Gasteiger partial charge in [-0.25, -0.2) is 4.98 Å². The summed E-state index contributed by atoms with van der Waals surface area (Å²) in [5.41, 5.74) is 3.01. The first-order chi connectivity index (χ1) is 15.9. The number of hydrogen-bond donors (Lipinski definition) is 0. The van der Waals surface area contributed by atoms with Crippen LogP contribution >= 0.6 is 24.2 Å². The number of halogens is 1. The Morgan fingerprint density at radius 2 is 2.18 bits per heavy atom. The van der Waals surface area contributed by atoms with E-state index in [1.807, 2.05) is 24.6 Å². The van der Waals surface area contributed by atoms with Crippen LogP contribution in [0.15, 0.2) is 34.2 Å². The van der Waals surface area contributed by atoms with E-state index in [0.717, 1.165) is 42.7 Å². The molecule has 34 heavy (non-hydrogen) atoms. The fraction of sp³-hybridized carbons (Fsp3) is 0.500. The van der Waals surface area contributed by atoms with E-state index in [1.54, 1.807) is 25.8 Å². The number of rotatable bonds is 9. The Hall–Kier alpha value is -2.36. The molecule has 8 nitrogen and oxygen atoms in total. The number of nitrogens with zero attached hydrogens (tertiary/aromatic N) is 5. The highest BCUT2D eigenvalue weighted by atomic mass is 35.5. The van der Waals surface area contributed by atoms with E-state index in [1.165, 1.54) is 18.4 Å². The summed E-state index contributed by atoms with van der Waals surface area (Å²) in [5, 5.41) is 9.50. The Labute approximate surface area is 209 Å². The van der Waals surface area contributed by atoms with Gasteiger partial charge < -0.3 is 18.6 Å². The summed E-state index contributed by atoms with van der Waals surface area (Å²) in [6, 6.07) is 6.13. The lowest BCUT2D eigenvalue weighted by atomic mass is 9.93. The molecule has 0 spiro atoms. The second kappa shape index (κ2) is 9.71. The molecule has 2 fully saturated rings. The molecule has 3 aromatic rings. The SMILES string of the molecule is COc1cc(C23C[C@@H]2CN(CCCSc2nnc(-c4ocnc4C)n2C)C3)ccc1C(C)=O.Cl. The van der Waals surface area contributed by atoms with Crippen LogP contribution in [-0.4, -0.2) is 62.9 Å². The van der Waals surface area contributed by atoms with Gasteiger partial charge in [0.05, 0.1) is 18.4 Å². The van der Waals surface area contributed by atoms with Crippen molar-refractivity contribution in [2.24, 2.45) is 13.0 Å². The second-order valence-electron chi connectivity index (χ2n) is 9.10. The molecule has 10 heteroatoms. The molecule has 2 aliphatic rings. The smallest absolute Gasteiger partial charge is 0.202 e. The largest absolute Gasteiger partial charge is 0.496 e. The zero-order valence-corrected chi connectivity index (χ0v) is 21.5. The van der Waals surface area contributed by atoms with Crippen molar-refractivity contribution in [3.05, 3.63) is 41.4 Å². The Bertz CT molecular complexity index is 1200. The van der Waals surface area contributed by atoms with Crippen molar-refractivity contribution in [3.63, 3.8) is 0 Å². The van der Waals surface area contributed by atoms with Crippen molar-refractivity contribution in [1.82, 2.24) is 24.6 Å². The zero-order chi connectivity index (χ0) is 23.2. The number of ether oxygens (including phenoxy) is 1. The summed E-state index contributed by atoms with van der Waals surface area (Å²) in [6.45, 7) is 6.77. The number of hydrogen-bond acceptors (Lipinski definition) is 8. The van der Waals surface area contributed by atoms with Gasteiger partial charge in [0.1, 0.15) is 5.75 Å². The molecule has 5 rings (SSSR count). The van der Waals surface area contributed by atoms with E-state index in [4.69, 9.17) is 9.15 Å². The molecule has 0 N–H and O–H groups in total. The van der Waals surface area contributed by atoms with Crippen LogP contribution in [0, 0.1) is 12.8 Å². The van der Waals surface area contributed by atoms with Crippen molar-refractivity contribution >= 4 is 30.0 Å². The van der Waals surface area contributed by atoms with Crippen molar-refractivity contribution in [2.75, 3.05) is 32.5 Å². The number of piperidine rings is 1. The fourth-order valence-electron chi connectivity index (χ4n) is 5.10. The molecule has 182 valence electrons. The minimum absolute atomic E-state index is 0. The highest BCUT2D eigenvalue weighted by Crippen LogP contribution is 2.59. The molecule has 0 bridgehead atoms. The Morgan fingerprint density at radius 1 is 1.35 bits per heavy atom. The summed E-state index contributed by atoms with van der Waals surface area (Å²) in [5.74, 6) is 3.80. The first-order valence-corrected chi connectivity index (χ1v) is 12.3. The van der Waals surface area contributed by atoms with E-state index < -0.39 is 0 Å². The van der Waals surface area contributed by atoms with Crippen molar-refractivity contribution in [1.29, 1.82) is 0 Å². The summed E-state index contributed by atoms with van der Waals surface area (Å²) in [6.07, 6.45) is 3.75. The van der Waals surface area contributed by atoms with Gasteiger partial charge in [-0.3, -0.25) is 4.79 Å². The van der Waals surface area contributed by atoms with E-state index in [2.05, 4.69) is 32.2 Å². The van der Waals surface area contributed by atoms with Gasteiger partial charge in [-0.15, -0.1) is 22.6 Å². The Kier molecular flexibility index (Phi) is 7.07. The maximum Gasteiger partial charge on any atom is 0.202 e. The van der Waals surface area contributed by atoms with E-state index in [9.17, 15) is 4.79 Å². The molecule has 0 radical (unpaired) electrons. The van der Waals surface area contributed by atoms with Gasteiger partial charge in [-0.2, -0.15) is 0 Å². The molecule has 1 saturated carbocycles. The summed E-state index contributed by atoms with van der Waals surface area (Å²) in [7, 11) is 3.60. The summed E-state index contributed by atoms with van der Waals surface area (Å²) in [4.78, 5) is 18.5. The number of thioether (sulfide) groups is 1. The number of oxazole rings is 1. The van der Waals surface area contributed by atoms with Gasteiger partial charge in [0.15, 0.2) is 23.1 Å². The zero-order valence-electron chi connectivity index (χ0n) is 19.9.